The maximum atomic E-state index is 12.8. The minimum atomic E-state index is -3.82. The fraction of sp³-hybridized carbons (Fsp3) is 0.278. The molecule has 25 heavy (non-hydrogen) atoms. The van der Waals surface area contributed by atoms with Crippen LogP contribution in [-0.4, -0.2) is 26.2 Å². The number of carbonyl (C=O) groups is 1. The van der Waals surface area contributed by atoms with Crippen molar-refractivity contribution in [3.05, 3.63) is 59.1 Å². The molecule has 0 aliphatic heterocycles. The molecule has 2 aromatic rings. The summed E-state index contributed by atoms with van der Waals surface area (Å²) in [6.45, 7) is -0.00603. The molecule has 0 radical (unpaired) electrons. The predicted molar refractivity (Wildman–Crippen MR) is 93.4 cm³/mol. The van der Waals surface area contributed by atoms with Crippen LogP contribution in [0.15, 0.2) is 53.4 Å². The fourth-order valence-electron chi connectivity index (χ4n) is 2.58. The van der Waals surface area contributed by atoms with Crippen LogP contribution in [0.2, 0.25) is 5.02 Å². The monoisotopic (exact) mass is 380 g/mol. The molecule has 5 nitrogen and oxygen atoms in total. The molecule has 1 fully saturated rings. The first-order valence-electron chi connectivity index (χ1n) is 7.69. The van der Waals surface area contributed by atoms with Gasteiger partial charge in [-0.1, -0.05) is 23.7 Å². The lowest BCUT2D eigenvalue weighted by Gasteiger charge is -2.16. The number of hydrogen-bond donors (Lipinski definition) is 0. The summed E-state index contributed by atoms with van der Waals surface area (Å²) in [5.74, 6) is -0.0752. The third-order valence-corrected chi connectivity index (χ3v) is 6.97. The molecule has 0 N–H and O–H groups in total. The van der Waals surface area contributed by atoms with Crippen molar-refractivity contribution in [3.8, 4) is 5.75 Å². The quantitative estimate of drug-likeness (QED) is 0.718. The Labute approximate surface area is 151 Å². The van der Waals surface area contributed by atoms with Gasteiger partial charge >= 0.3 is 5.97 Å². The number of hydrogen-bond acceptors (Lipinski definition) is 5. The molecule has 132 valence electrons. The third-order valence-electron chi connectivity index (χ3n) is 4.22. The number of ether oxygens (including phenoxy) is 2. The summed E-state index contributed by atoms with van der Waals surface area (Å²) in [4.78, 5) is 12.6. The van der Waals surface area contributed by atoms with Crippen LogP contribution in [0.5, 0.6) is 5.75 Å². The summed E-state index contributed by atoms with van der Waals surface area (Å²) in [6.07, 6.45) is 0.518. The zero-order valence-electron chi connectivity index (χ0n) is 13.6. The van der Waals surface area contributed by atoms with Gasteiger partial charge in [-0.15, -0.1) is 0 Å². The van der Waals surface area contributed by atoms with E-state index in [1.165, 1.54) is 24.3 Å². The summed E-state index contributed by atoms with van der Waals surface area (Å²) >= 11 is 5.80. The van der Waals surface area contributed by atoms with Crippen molar-refractivity contribution in [3.63, 3.8) is 0 Å². The predicted octanol–water partition coefficient (Wildman–Crippen LogP) is 3.40. The molecule has 3 rings (SSSR count). The second-order valence-electron chi connectivity index (χ2n) is 5.88. The van der Waals surface area contributed by atoms with Gasteiger partial charge in [-0.2, -0.15) is 0 Å². The van der Waals surface area contributed by atoms with Gasteiger partial charge in [-0.05, 0) is 54.8 Å². The summed E-state index contributed by atoms with van der Waals surface area (Å²) in [6, 6.07) is 12.9. The van der Waals surface area contributed by atoms with Crippen LogP contribution in [-0.2, 0) is 26.0 Å². The van der Waals surface area contributed by atoms with Gasteiger partial charge in [0.1, 0.15) is 12.4 Å². The summed E-state index contributed by atoms with van der Waals surface area (Å²) in [5, 5.41) is 0.435. The average Bonchev–Trinajstić information content (AvgIpc) is 3.43. The molecule has 0 spiro atoms. The van der Waals surface area contributed by atoms with Crippen molar-refractivity contribution in [2.75, 3.05) is 7.11 Å². The number of halogens is 1. The van der Waals surface area contributed by atoms with Crippen LogP contribution >= 0.6 is 11.6 Å². The van der Waals surface area contributed by atoms with Crippen LogP contribution in [0.25, 0.3) is 0 Å². The van der Waals surface area contributed by atoms with Gasteiger partial charge in [-0.25, -0.2) is 8.42 Å². The van der Waals surface area contributed by atoms with E-state index in [-0.39, 0.29) is 24.3 Å². The Bertz CT molecular complexity index is 886. The highest BCUT2D eigenvalue weighted by molar-refractivity contribution is 7.94. The van der Waals surface area contributed by atoms with E-state index >= 15 is 0 Å². The number of sulfone groups is 1. The molecule has 1 aliphatic carbocycles. The number of methoxy groups -OCH3 is 1. The number of carbonyl (C=O) groups excluding carboxylic acids is 1. The van der Waals surface area contributed by atoms with E-state index in [2.05, 4.69) is 0 Å². The molecule has 0 heterocycles. The Balaban J connectivity index is 1.75. The van der Waals surface area contributed by atoms with Crippen molar-refractivity contribution >= 4 is 27.4 Å². The molecule has 1 saturated carbocycles. The van der Waals surface area contributed by atoms with E-state index in [9.17, 15) is 13.2 Å². The van der Waals surface area contributed by atoms with Crippen LogP contribution in [0.3, 0.4) is 0 Å². The summed E-state index contributed by atoms with van der Waals surface area (Å²) in [7, 11) is -2.27. The zero-order chi connectivity index (χ0) is 18.1. The molecule has 0 atom stereocenters. The van der Waals surface area contributed by atoms with Gasteiger partial charge in [-0.3, -0.25) is 4.79 Å². The van der Waals surface area contributed by atoms with E-state index in [0.717, 1.165) is 5.56 Å². The van der Waals surface area contributed by atoms with Crippen molar-refractivity contribution in [1.29, 1.82) is 0 Å². The van der Waals surface area contributed by atoms with Crippen LogP contribution in [0.1, 0.15) is 18.4 Å². The van der Waals surface area contributed by atoms with Crippen molar-refractivity contribution < 1.29 is 22.7 Å². The van der Waals surface area contributed by atoms with E-state index in [0.29, 0.717) is 10.8 Å². The van der Waals surface area contributed by atoms with Crippen molar-refractivity contribution in [1.82, 2.24) is 0 Å². The lowest BCUT2D eigenvalue weighted by molar-refractivity contribution is -0.145. The Morgan fingerprint density at radius 3 is 2.44 bits per heavy atom. The lowest BCUT2D eigenvalue weighted by Crippen LogP contribution is -2.34. The topological polar surface area (TPSA) is 69.7 Å². The van der Waals surface area contributed by atoms with Gasteiger partial charge in [0.2, 0.25) is 0 Å². The lowest BCUT2D eigenvalue weighted by atomic mass is 10.2. The van der Waals surface area contributed by atoms with Gasteiger partial charge < -0.3 is 9.47 Å². The SMILES string of the molecule is COc1cccc(COC(=O)C2(S(=O)(=O)c3ccc(Cl)cc3)CC2)c1. The molecule has 1 aliphatic rings. The molecular weight excluding hydrogens is 364 g/mol. The Hall–Kier alpha value is -2.05. The normalized spacial score (nSPS) is 15.4. The zero-order valence-corrected chi connectivity index (χ0v) is 15.1. The minimum Gasteiger partial charge on any atom is -0.497 e. The first-order valence-corrected chi connectivity index (χ1v) is 9.55. The summed E-state index contributed by atoms with van der Waals surface area (Å²) < 4.78 is 34.6. The largest absolute Gasteiger partial charge is 0.497 e. The first kappa shape index (κ1) is 17.8. The fourth-order valence-corrected chi connectivity index (χ4v) is 4.57. The van der Waals surface area contributed by atoms with Crippen molar-refractivity contribution in [2.45, 2.75) is 29.1 Å². The molecular formula is C18H17ClO5S. The van der Waals surface area contributed by atoms with Crippen LogP contribution in [0, 0.1) is 0 Å². The Morgan fingerprint density at radius 1 is 1.16 bits per heavy atom. The molecule has 0 amide bonds. The number of benzene rings is 2. The Kier molecular flexibility index (Phi) is 4.75. The standard InChI is InChI=1S/C18H17ClO5S/c1-23-15-4-2-3-13(11-15)12-24-17(20)18(9-10-18)25(21,22)16-7-5-14(19)6-8-16/h2-8,11H,9-10,12H2,1H3. The molecule has 0 saturated heterocycles. The number of rotatable bonds is 6. The second-order valence-corrected chi connectivity index (χ2v) is 8.58. The van der Waals surface area contributed by atoms with E-state index in [4.69, 9.17) is 21.1 Å². The van der Waals surface area contributed by atoms with Gasteiger partial charge in [0.15, 0.2) is 14.6 Å². The maximum absolute atomic E-state index is 12.8. The highest BCUT2D eigenvalue weighted by atomic mass is 35.5. The van der Waals surface area contributed by atoms with Gasteiger partial charge in [0, 0.05) is 5.02 Å². The molecule has 2 aromatic carbocycles. The smallest absolute Gasteiger partial charge is 0.328 e. The molecule has 7 heteroatoms. The maximum Gasteiger partial charge on any atom is 0.328 e. The van der Waals surface area contributed by atoms with E-state index in [1.54, 1.807) is 31.4 Å². The third kappa shape index (κ3) is 3.37. The van der Waals surface area contributed by atoms with Gasteiger partial charge in [0.25, 0.3) is 0 Å². The second kappa shape index (κ2) is 6.69. The average molecular weight is 381 g/mol. The van der Waals surface area contributed by atoms with Crippen LogP contribution < -0.4 is 4.74 Å². The summed E-state index contributed by atoms with van der Waals surface area (Å²) in [5.41, 5.74) is 0.729. The molecule has 0 aromatic heterocycles. The van der Waals surface area contributed by atoms with Gasteiger partial charge in [0.05, 0.1) is 12.0 Å². The van der Waals surface area contributed by atoms with E-state index in [1.807, 2.05) is 0 Å². The number of esters is 1. The highest BCUT2D eigenvalue weighted by Gasteiger charge is 2.62. The van der Waals surface area contributed by atoms with Crippen LogP contribution in [0.4, 0.5) is 0 Å². The first-order chi connectivity index (χ1) is 11.9. The molecule has 0 bridgehead atoms. The van der Waals surface area contributed by atoms with E-state index < -0.39 is 20.6 Å². The highest BCUT2D eigenvalue weighted by Crippen LogP contribution is 2.48. The Morgan fingerprint density at radius 2 is 1.84 bits per heavy atom. The minimum absolute atomic E-state index is 0.00603. The molecule has 0 unspecified atom stereocenters. The van der Waals surface area contributed by atoms with Crippen molar-refractivity contribution in [2.24, 2.45) is 0 Å².